The van der Waals surface area contributed by atoms with Gasteiger partial charge in [0.05, 0.1) is 5.69 Å². The Balaban J connectivity index is 1.90. The number of hydrogen-bond acceptors (Lipinski definition) is 3. The minimum atomic E-state index is -0.214. The van der Waals surface area contributed by atoms with Crippen LogP contribution in [0.1, 0.15) is 37.8 Å². The van der Waals surface area contributed by atoms with Gasteiger partial charge in [0.1, 0.15) is 6.04 Å². The molecule has 1 saturated heterocycles. The highest BCUT2D eigenvalue weighted by Gasteiger charge is 2.31. The average molecular weight is 338 g/mol. The molecule has 2 heterocycles. The van der Waals surface area contributed by atoms with Gasteiger partial charge in [0.2, 0.25) is 5.91 Å². The number of benzene rings is 1. The maximum Gasteiger partial charge on any atom is 0.246 e. The molecule has 1 unspecified atom stereocenters. The number of nitrogens with one attached hydrogen (secondary N) is 2. The normalized spacial score (nSPS) is 21.2. The fraction of sp³-hybridized carbons (Fsp3) is 0.533. The number of fused-ring (bicyclic) bond motifs is 1. The molecule has 2 aliphatic rings. The summed E-state index contributed by atoms with van der Waals surface area (Å²) in [5, 5.41) is 6.31. The van der Waals surface area contributed by atoms with E-state index in [1.165, 1.54) is 18.5 Å². The molecule has 0 aliphatic carbocycles. The topological polar surface area (TPSA) is 44.4 Å². The molecule has 0 bridgehead atoms. The van der Waals surface area contributed by atoms with Crippen LogP contribution in [0.25, 0.3) is 0 Å². The van der Waals surface area contributed by atoms with Crippen molar-refractivity contribution >= 4 is 33.2 Å². The fourth-order valence-corrected chi connectivity index (χ4v) is 3.57. The molecule has 2 aliphatic heterocycles. The lowest BCUT2D eigenvalue weighted by atomic mass is 10.1. The van der Waals surface area contributed by atoms with Gasteiger partial charge >= 0.3 is 0 Å². The largest absolute Gasteiger partial charge is 0.371 e. The van der Waals surface area contributed by atoms with Gasteiger partial charge in [-0.3, -0.25) is 4.79 Å². The van der Waals surface area contributed by atoms with Crippen LogP contribution in [0.4, 0.5) is 11.4 Å². The van der Waals surface area contributed by atoms with Crippen molar-refractivity contribution in [3.8, 4) is 0 Å². The summed E-state index contributed by atoms with van der Waals surface area (Å²) in [6, 6.07) is 3.98. The Labute approximate surface area is 128 Å². The first-order chi connectivity index (χ1) is 9.70. The van der Waals surface area contributed by atoms with Crippen molar-refractivity contribution in [2.45, 2.75) is 32.2 Å². The van der Waals surface area contributed by atoms with Crippen molar-refractivity contribution in [3.05, 3.63) is 22.2 Å². The summed E-state index contributed by atoms with van der Waals surface area (Å²) in [7, 11) is 0. The number of anilines is 2. The monoisotopic (exact) mass is 337 g/mol. The summed E-state index contributed by atoms with van der Waals surface area (Å²) in [6.07, 6.45) is 3.51. The van der Waals surface area contributed by atoms with E-state index in [0.717, 1.165) is 41.8 Å². The van der Waals surface area contributed by atoms with Gasteiger partial charge in [-0.25, -0.2) is 0 Å². The number of rotatable bonds is 4. The van der Waals surface area contributed by atoms with E-state index in [1.807, 2.05) is 0 Å². The first-order valence-electron chi connectivity index (χ1n) is 7.33. The van der Waals surface area contributed by atoms with Gasteiger partial charge in [0, 0.05) is 28.8 Å². The van der Waals surface area contributed by atoms with E-state index < -0.39 is 0 Å². The Morgan fingerprint density at radius 2 is 2.15 bits per heavy atom. The van der Waals surface area contributed by atoms with E-state index in [9.17, 15) is 4.79 Å². The summed E-state index contributed by atoms with van der Waals surface area (Å²) < 4.78 is 1.08. The Morgan fingerprint density at radius 1 is 1.40 bits per heavy atom. The van der Waals surface area contributed by atoms with Crippen molar-refractivity contribution in [2.75, 3.05) is 29.9 Å². The van der Waals surface area contributed by atoms with Crippen molar-refractivity contribution in [1.82, 2.24) is 5.32 Å². The highest BCUT2D eigenvalue weighted by molar-refractivity contribution is 9.10. The molecule has 1 atom stereocenters. The van der Waals surface area contributed by atoms with Crippen molar-refractivity contribution in [1.29, 1.82) is 0 Å². The van der Waals surface area contributed by atoms with E-state index in [-0.39, 0.29) is 11.9 Å². The third-order valence-electron chi connectivity index (χ3n) is 4.00. The number of carbonyl (C=O) groups is 1. The van der Waals surface area contributed by atoms with Crippen molar-refractivity contribution in [2.24, 2.45) is 0 Å². The van der Waals surface area contributed by atoms with Gasteiger partial charge in [-0.05, 0) is 53.9 Å². The minimum absolute atomic E-state index is 0.0546. The molecule has 1 aromatic carbocycles. The number of carbonyl (C=O) groups excluding carboxylic acids is 1. The van der Waals surface area contributed by atoms with Crippen LogP contribution in [0.3, 0.4) is 0 Å². The number of amides is 1. The summed E-state index contributed by atoms with van der Waals surface area (Å²) in [5.74, 6) is 0.0546. The lowest BCUT2D eigenvalue weighted by molar-refractivity contribution is -0.117. The van der Waals surface area contributed by atoms with Crippen molar-refractivity contribution < 1.29 is 4.79 Å². The Kier molecular flexibility index (Phi) is 3.98. The third-order valence-corrected chi connectivity index (χ3v) is 4.63. The zero-order valence-electron chi connectivity index (χ0n) is 11.7. The summed E-state index contributed by atoms with van der Waals surface area (Å²) in [4.78, 5) is 14.5. The van der Waals surface area contributed by atoms with E-state index in [2.05, 4.69) is 50.5 Å². The first kappa shape index (κ1) is 13.9. The van der Waals surface area contributed by atoms with Gasteiger partial charge in [0.15, 0.2) is 0 Å². The summed E-state index contributed by atoms with van der Waals surface area (Å²) >= 11 is 3.67. The Morgan fingerprint density at radius 3 is 2.85 bits per heavy atom. The zero-order valence-corrected chi connectivity index (χ0v) is 13.3. The number of hydrogen-bond donors (Lipinski definition) is 2. The maximum atomic E-state index is 12.1. The van der Waals surface area contributed by atoms with Gasteiger partial charge in [-0.2, -0.15) is 0 Å². The van der Waals surface area contributed by atoms with Gasteiger partial charge in [0.25, 0.3) is 0 Å². The van der Waals surface area contributed by atoms with Crippen LogP contribution in [0, 0.1) is 0 Å². The molecular formula is C15H20BrN3O. The molecule has 0 radical (unpaired) electrons. The first-order valence-corrected chi connectivity index (χ1v) is 8.12. The molecule has 1 aromatic rings. The predicted molar refractivity (Wildman–Crippen MR) is 85.3 cm³/mol. The van der Waals surface area contributed by atoms with Crippen LogP contribution in [-0.4, -0.2) is 25.5 Å². The molecule has 0 aromatic heterocycles. The molecule has 0 saturated carbocycles. The summed E-state index contributed by atoms with van der Waals surface area (Å²) in [6.45, 7) is 5.15. The number of halogens is 1. The molecule has 0 spiro atoms. The fourth-order valence-electron chi connectivity index (χ4n) is 2.96. The molecular weight excluding hydrogens is 318 g/mol. The predicted octanol–water partition coefficient (Wildman–Crippen LogP) is 3.04. The summed E-state index contributed by atoms with van der Waals surface area (Å²) in [5.41, 5.74) is 3.20. The van der Waals surface area contributed by atoms with Crippen LogP contribution < -0.4 is 15.5 Å². The van der Waals surface area contributed by atoms with Crippen molar-refractivity contribution in [3.63, 3.8) is 0 Å². The van der Waals surface area contributed by atoms with E-state index in [1.54, 1.807) is 0 Å². The van der Waals surface area contributed by atoms with Crippen LogP contribution in [0.15, 0.2) is 16.6 Å². The highest BCUT2D eigenvalue weighted by atomic mass is 79.9. The second kappa shape index (κ2) is 5.74. The molecule has 2 N–H and O–H groups in total. The molecule has 3 rings (SSSR count). The quantitative estimate of drug-likeness (QED) is 0.887. The SMILES string of the molecule is CCCNC1C(=O)Nc2cc(N3CCCC3)c(Br)cc21. The molecule has 1 fully saturated rings. The third kappa shape index (κ3) is 2.44. The highest BCUT2D eigenvalue weighted by Crippen LogP contribution is 2.39. The molecule has 20 heavy (non-hydrogen) atoms. The van der Waals surface area contributed by atoms with Crippen LogP contribution in [0.5, 0.6) is 0 Å². The van der Waals surface area contributed by atoms with Gasteiger partial charge < -0.3 is 15.5 Å². The molecule has 5 heteroatoms. The van der Waals surface area contributed by atoms with Crippen LogP contribution in [0.2, 0.25) is 0 Å². The Bertz CT molecular complexity index is 526. The second-order valence-corrected chi connectivity index (χ2v) is 6.32. The number of nitrogens with zero attached hydrogens (tertiary/aromatic N) is 1. The second-order valence-electron chi connectivity index (χ2n) is 5.46. The smallest absolute Gasteiger partial charge is 0.246 e. The van der Waals surface area contributed by atoms with E-state index in [4.69, 9.17) is 0 Å². The average Bonchev–Trinajstić information content (AvgIpc) is 3.04. The van der Waals surface area contributed by atoms with E-state index >= 15 is 0 Å². The van der Waals surface area contributed by atoms with Crippen LogP contribution in [-0.2, 0) is 4.79 Å². The lowest BCUT2D eigenvalue weighted by Gasteiger charge is -2.20. The van der Waals surface area contributed by atoms with Gasteiger partial charge in [-0.1, -0.05) is 6.92 Å². The van der Waals surface area contributed by atoms with Gasteiger partial charge in [-0.15, -0.1) is 0 Å². The Hall–Kier alpha value is -1.07. The molecule has 1 amide bonds. The minimum Gasteiger partial charge on any atom is -0.371 e. The molecule has 4 nitrogen and oxygen atoms in total. The maximum absolute atomic E-state index is 12.1. The lowest BCUT2D eigenvalue weighted by Crippen LogP contribution is -2.28. The van der Waals surface area contributed by atoms with E-state index in [0.29, 0.717) is 0 Å². The molecule has 108 valence electrons. The standard InChI is InChI=1S/C15H20BrN3O/c1-2-5-17-14-10-8-11(16)13(19-6-3-4-7-19)9-12(10)18-15(14)20/h8-9,14,17H,2-7H2,1H3,(H,18,20). The zero-order chi connectivity index (χ0) is 14.1. The van der Waals surface area contributed by atoms with Crippen LogP contribution >= 0.6 is 15.9 Å².